The minimum absolute atomic E-state index is 0.0936. The lowest BCUT2D eigenvalue weighted by Crippen LogP contribution is -2.18. The van der Waals surface area contributed by atoms with Gasteiger partial charge >= 0.3 is 0 Å². The van der Waals surface area contributed by atoms with Crippen molar-refractivity contribution >= 4 is 0 Å². The van der Waals surface area contributed by atoms with Crippen LogP contribution in [0.15, 0.2) is 0 Å². The van der Waals surface area contributed by atoms with Gasteiger partial charge in [0.25, 0.3) is 0 Å². The topological polar surface area (TPSA) is 75.4 Å². The maximum atomic E-state index is 10.2. The van der Waals surface area contributed by atoms with Crippen molar-refractivity contribution in [3.05, 3.63) is 16.7 Å². The summed E-state index contributed by atoms with van der Waals surface area (Å²) in [6.45, 7) is 4.96. The van der Waals surface area contributed by atoms with Crippen molar-refractivity contribution in [1.29, 1.82) is 0 Å². The van der Waals surface area contributed by atoms with E-state index >= 15 is 0 Å². The third kappa shape index (κ3) is 7.67. The van der Waals surface area contributed by atoms with E-state index in [4.69, 9.17) is 0 Å². The molecule has 5 heteroatoms. The van der Waals surface area contributed by atoms with E-state index in [2.05, 4.69) is 4.89 Å². The molecule has 0 saturated heterocycles. The van der Waals surface area contributed by atoms with Gasteiger partial charge in [-0.25, -0.2) is 6.61 Å². The van der Waals surface area contributed by atoms with Crippen LogP contribution in [-0.4, -0.2) is 11.5 Å². The summed E-state index contributed by atoms with van der Waals surface area (Å²) in [6, 6.07) is 0. The highest BCUT2D eigenvalue weighted by Crippen LogP contribution is 2.16. The molecule has 0 rings (SSSR count). The molecule has 0 unspecified atom stereocenters. The van der Waals surface area contributed by atoms with Gasteiger partial charge < -0.3 is 10.1 Å². The van der Waals surface area contributed by atoms with Crippen molar-refractivity contribution < 1.29 is 15.1 Å². The highest BCUT2D eigenvalue weighted by atomic mass is 17.1. The van der Waals surface area contributed by atoms with E-state index in [0.717, 1.165) is 13.0 Å². The largest absolute Gasteiger partial charge is 0.759 e. The van der Waals surface area contributed by atoms with Crippen LogP contribution >= 0.6 is 0 Å². The SMILES string of the molecule is CC(C)C[C@@H](C[CH-]O[O-])C[N+](=O)[O-]. The molecule has 0 aromatic rings. The van der Waals surface area contributed by atoms with E-state index in [1.54, 1.807) is 0 Å². The number of nitro groups is 1. The summed E-state index contributed by atoms with van der Waals surface area (Å²) in [5.74, 6) is 0.300. The lowest BCUT2D eigenvalue weighted by atomic mass is 9.95. The minimum Gasteiger partial charge on any atom is -0.759 e. The van der Waals surface area contributed by atoms with Crippen LogP contribution in [0, 0.1) is 28.6 Å². The normalized spacial score (nSPS) is 13.2. The molecule has 0 spiro atoms. The first-order valence-corrected chi connectivity index (χ1v) is 4.28. The summed E-state index contributed by atoms with van der Waals surface area (Å²) < 4.78 is 0. The number of hydrogen-bond acceptors (Lipinski definition) is 4. The molecule has 0 radical (unpaired) electrons. The summed E-state index contributed by atoms with van der Waals surface area (Å²) in [5, 5.41) is 19.9. The fourth-order valence-electron chi connectivity index (χ4n) is 1.30. The van der Waals surface area contributed by atoms with Gasteiger partial charge in [-0.1, -0.05) is 13.8 Å². The Morgan fingerprint density at radius 1 is 1.54 bits per heavy atom. The van der Waals surface area contributed by atoms with Crippen LogP contribution in [0.2, 0.25) is 0 Å². The number of rotatable bonds is 7. The van der Waals surface area contributed by atoms with E-state index in [9.17, 15) is 15.4 Å². The lowest BCUT2D eigenvalue weighted by Gasteiger charge is -2.24. The second-order valence-electron chi connectivity index (χ2n) is 3.51. The zero-order valence-corrected chi connectivity index (χ0v) is 7.93. The molecule has 0 aromatic carbocycles. The predicted octanol–water partition coefficient (Wildman–Crippen LogP) is 0.769. The van der Waals surface area contributed by atoms with Gasteiger partial charge in [-0.2, -0.15) is 0 Å². The van der Waals surface area contributed by atoms with Crippen LogP contribution < -0.4 is 5.26 Å². The van der Waals surface area contributed by atoms with Crippen molar-refractivity contribution in [2.75, 3.05) is 6.54 Å². The quantitative estimate of drug-likeness (QED) is 0.256. The molecule has 0 fully saturated rings. The van der Waals surface area contributed by atoms with Crippen molar-refractivity contribution in [2.24, 2.45) is 11.8 Å². The second kappa shape index (κ2) is 6.80. The molecule has 0 aliphatic rings. The van der Waals surface area contributed by atoms with Gasteiger partial charge in [0.05, 0.1) is 0 Å². The molecule has 13 heavy (non-hydrogen) atoms. The molecular formula is C8H15NO4-2. The molecule has 0 aliphatic heterocycles. The molecule has 0 N–H and O–H groups in total. The highest BCUT2D eigenvalue weighted by Gasteiger charge is 2.12. The Kier molecular flexibility index (Phi) is 6.44. The molecule has 0 heterocycles. The van der Waals surface area contributed by atoms with E-state index in [-0.39, 0.29) is 17.4 Å². The van der Waals surface area contributed by atoms with Crippen molar-refractivity contribution in [2.45, 2.75) is 26.7 Å². The molecular weight excluding hydrogens is 174 g/mol. The summed E-state index contributed by atoms with van der Waals surface area (Å²) in [4.78, 5) is 13.4. The Bertz CT molecular complexity index is 149. The van der Waals surface area contributed by atoms with Crippen molar-refractivity contribution in [1.82, 2.24) is 0 Å². The second-order valence-corrected chi connectivity index (χ2v) is 3.51. The fraction of sp³-hybridized carbons (Fsp3) is 0.875. The summed E-state index contributed by atoms with van der Waals surface area (Å²) in [5.41, 5.74) is 0. The van der Waals surface area contributed by atoms with E-state index in [1.165, 1.54) is 0 Å². The van der Waals surface area contributed by atoms with Crippen molar-refractivity contribution in [3.8, 4) is 0 Å². The predicted molar refractivity (Wildman–Crippen MR) is 44.8 cm³/mol. The van der Waals surface area contributed by atoms with Crippen LogP contribution in [0.1, 0.15) is 26.7 Å². The van der Waals surface area contributed by atoms with E-state index in [0.29, 0.717) is 12.3 Å². The standard InChI is InChI=1S/C8H16NO4/c1-7(2)5-8(3-4-13-12)6-9(10)11/h4,7-8,12H,3,5-6H2,1-2H3/q-1/p-1/t8-/m1/s1. The Balaban J connectivity index is 3.80. The first-order valence-electron chi connectivity index (χ1n) is 4.28. The van der Waals surface area contributed by atoms with Crippen LogP contribution in [0.4, 0.5) is 0 Å². The summed E-state index contributed by atoms with van der Waals surface area (Å²) in [7, 11) is 0. The molecule has 1 atom stereocenters. The van der Waals surface area contributed by atoms with Gasteiger partial charge in [-0.3, -0.25) is 10.1 Å². The van der Waals surface area contributed by atoms with Crippen LogP contribution in [-0.2, 0) is 4.89 Å². The van der Waals surface area contributed by atoms with E-state index < -0.39 is 0 Å². The average molecular weight is 189 g/mol. The number of hydrogen-bond donors (Lipinski definition) is 0. The molecule has 0 amide bonds. The first-order chi connectivity index (χ1) is 6.06. The Morgan fingerprint density at radius 2 is 2.15 bits per heavy atom. The molecule has 5 nitrogen and oxygen atoms in total. The molecule has 0 bridgehead atoms. The molecule has 0 aromatic heterocycles. The van der Waals surface area contributed by atoms with Crippen LogP contribution in [0.25, 0.3) is 0 Å². The fourth-order valence-corrected chi connectivity index (χ4v) is 1.30. The summed E-state index contributed by atoms with van der Waals surface area (Å²) >= 11 is 0. The highest BCUT2D eigenvalue weighted by molar-refractivity contribution is 4.64. The van der Waals surface area contributed by atoms with Gasteiger partial charge in [0.15, 0.2) is 0 Å². The van der Waals surface area contributed by atoms with Gasteiger partial charge in [-0.05, 0) is 18.3 Å². The molecule has 0 saturated carbocycles. The van der Waals surface area contributed by atoms with Crippen LogP contribution in [0.5, 0.6) is 0 Å². The number of nitrogens with zero attached hydrogens (tertiary/aromatic N) is 1. The Labute approximate surface area is 77.8 Å². The maximum Gasteiger partial charge on any atom is 0.204 e. The smallest absolute Gasteiger partial charge is 0.204 e. The van der Waals surface area contributed by atoms with Crippen molar-refractivity contribution in [3.63, 3.8) is 0 Å². The maximum absolute atomic E-state index is 10.2. The van der Waals surface area contributed by atoms with Gasteiger partial charge in [0.2, 0.25) is 6.54 Å². The monoisotopic (exact) mass is 189 g/mol. The van der Waals surface area contributed by atoms with E-state index in [1.807, 2.05) is 13.8 Å². The molecule has 0 aliphatic carbocycles. The third-order valence-corrected chi connectivity index (χ3v) is 1.71. The lowest BCUT2D eigenvalue weighted by molar-refractivity contribution is -0.676. The van der Waals surface area contributed by atoms with Gasteiger partial charge in [0.1, 0.15) is 0 Å². The third-order valence-electron chi connectivity index (χ3n) is 1.71. The minimum atomic E-state index is -0.355. The zero-order chi connectivity index (χ0) is 10.3. The van der Waals surface area contributed by atoms with Gasteiger partial charge in [-0.15, -0.1) is 6.42 Å². The zero-order valence-electron chi connectivity index (χ0n) is 7.93. The Morgan fingerprint density at radius 3 is 2.54 bits per heavy atom. The first kappa shape index (κ1) is 12.3. The average Bonchev–Trinajstić information content (AvgIpc) is 1.98. The molecule has 78 valence electrons. The summed E-state index contributed by atoms with van der Waals surface area (Å²) in [6.07, 6.45) is 1.09. The van der Waals surface area contributed by atoms with Gasteiger partial charge in [0, 0.05) is 4.92 Å². The van der Waals surface area contributed by atoms with Crippen LogP contribution in [0.3, 0.4) is 0 Å². The Hall–Kier alpha value is -0.680.